The summed E-state index contributed by atoms with van der Waals surface area (Å²) in [5.74, 6) is 1.97. The first-order chi connectivity index (χ1) is 14.1. The molecule has 0 aliphatic heterocycles. The van der Waals surface area contributed by atoms with E-state index in [0.717, 1.165) is 38.2 Å². The summed E-state index contributed by atoms with van der Waals surface area (Å²) >= 11 is 3.40. The minimum absolute atomic E-state index is 0.844. The van der Waals surface area contributed by atoms with Gasteiger partial charge in [0, 0.05) is 11.8 Å². The Balaban J connectivity index is 1.84. The summed E-state index contributed by atoms with van der Waals surface area (Å²) in [5.41, 5.74) is 4.72. The van der Waals surface area contributed by atoms with Crippen LogP contribution in [0.4, 0.5) is 0 Å². The number of nitrogens with zero attached hydrogens (tertiary/aromatic N) is 3. The topological polar surface area (TPSA) is 29.7 Å². The monoisotopic (exact) mass is 418 g/mol. The van der Waals surface area contributed by atoms with Crippen LogP contribution >= 0.6 is 23.1 Å². The predicted octanol–water partition coefficient (Wildman–Crippen LogP) is 6.04. The predicted molar refractivity (Wildman–Crippen MR) is 125 cm³/mol. The second-order valence-corrected chi connectivity index (χ2v) is 9.14. The molecule has 29 heavy (non-hydrogen) atoms. The Morgan fingerprint density at radius 2 is 1.76 bits per heavy atom. The number of aromatic nitrogens is 3. The van der Waals surface area contributed by atoms with E-state index < -0.39 is 0 Å². The Bertz CT molecular complexity index is 1190. The molecule has 0 saturated heterocycles. The van der Waals surface area contributed by atoms with Gasteiger partial charge >= 0.3 is 0 Å². The molecule has 0 N–H and O–H groups in total. The molecule has 2 aromatic carbocycles. The normalized spacial score (nSPS) is 11.6. The largest absolute Gasteiger partial charge is 0.286 e. The van der Waals surface area contributed by atoms with E-state index in [1.54, 1.807) is 23.1 Å². The molecule has 5 heteroatoms. The smallest absolute Gasteiger partial charge is 0.202 e. The van der Waals surface area contributed by atoms with Gasteiger partial charge in [-0.3, -0.25) is 0 Å². The van der Waals surface area contributed by atoms with E-state index in [0.29, 0.717) is 0 Å². The van der Waals surface area contributed by atoms with Crippen molar-refractivity contribution in [3.05, 3.63) is 76.1 Å². The number of hydrogen-bond donors (Lipinski definition) is 0. The standard InChI is InChI=1S/C24H24N3S2/c1-5-22-25-20-12-8-17(3)14-19(20)15-27(22)23-21(29-24(26-23)28-4)13-11-18-9-6-16(2)7-10-18/h6-15H,5H2,1-4H3/q+1. The lowest BCUT2D eigenvalue weighted by Gasteiger charge is -2.05. The van der Waals surface area contributed by atoms with Crippen molar-refractivity contribution in [3.63, 3.8) is 0 Å². The van der Waals surface area contributed by atoms with E-state index in [1.807, 2.05) is 0 Å². The first-order valence-corrected chi connectivity index (χ1v) is 11.7. The summed E-state index contributed by atoms with van der Waals surface area (Å²) in [6.07, 6.45) is 9.42. The molecule has 0 unspecified atom stereocenters. The van der Waals surface area contributed by atoms with Crippen LogP contribution in [0.2, 0.25) is 0 Å². The van der Waals surface area contributed by atoms with Crippen LogP contribution < -0.4 is 4.57 Å². The van der Waals surface area contributed by atoms with Gasteiger partial charge in [-0.15, -0.1) is 4.98 Å². The zero-order valence-electron chi connectivity index (χ0n) is 17.1. The average molecular weight is 419 g/mol. The number of fused-ring (bicyclic) bond motifs is 1. The molecule has 0 bridgehead atoms. The maximum atomic E-state index is 4.92. The van der Waals surface area contributed by atoms with Crippen LogP contribution in [0.3, 0.4) is 0 Å². The van der Waals surface area contributed by atoms with E-state index in [1.165, 1.54) is 16.7 Å². The Morgan fingerprint density at radius 3 is 2.48 bits per heavy atom. The fourth-order valence-electron chi connectivity index (χ4n) is 3.24. The molecule has 0 saturated carbocycles. The van der Waals surface area contributed by atoms with Crippen molar-refractivity contribution >= 4 is 46.2 Å². The van der Waals surface area contributed by atoms with E-state index in [-0.39, 0.29) is 0 Å². The van der Waals surface area contributed by atoms with Gasteiger partial charge in [-0.1, -0.05) is 82.5 Å². The van der Waals surface area contributed by atoms with Crippen molar-refractivity contribution in [1.29, 1.82) is 0 Å². The molecular weight excluding hydrogens is 394 g/mol. The molecular formula is C24H24N3S2+. The van der Waals surface area contributed by atoms with Crippen LogP contribution in [0.15, 0.2) is 53.0 Å². The van der Waals surface area contributed by atoms with Gasteiger partial charge in [-0.2, -0.15) is 0 Å². The van der Waals surface area contributed by atoms with Gasteiger partial charge in [0.25, 0.3) is 5.82 Å². The molecule has 0 spiro atoms. The third-order valence-corrected chi connectivity index (χ3v) is 6.81. The number of hydrogen-bond acceptors (Lipinski definition) is 4. The quantitative estimate of drug-likeness (QED) is 0.292. The minimum Gasteiger partial charge on any atom is -0.202 e. The fourth-order valence-corrected chi connectivity index (χ4v) is 4.71. The summed E-state index contributed by atoms with van der Waals surface area (Å²) in [6.45, 7) is 6.36. The highest BCUT2D eigenvalue weighted by molar-refractivity contribution is 8.00. The zero-order valence-corrected chi connectivity index (χ0v) is 18.8. The van der Waals surface area contributed by atoms with Gasteiger partial charge in [0.1, 0.15) is 10.4 Å². The number of benzene rings is 2. The average Bonchev–Trinajstić information content (AvgIpc) is 3.15. The molecule has 3 nitrogen and oxygen atoms in total. The van der Waals surface area contributed by atoms with Crippen molar-refractivity contribution in [1.82, 2.24) is 9.97 Å². The third kappa shape index (κ3) is 4.26. The van der Waals surface area contributed by atoms with Gasteiger partial charge < -0.3 is 0 Å². The molecule has 4 aromatic rings. The second-order valence-electron chi connectivity index (χ2n) is 7.06. The van der Waals surface area contributed by atoms with E-state index in [9.17, 15) is 0 Å². The molecule has 2 heterocycles. The summed E-state index contributed by atoms with van der Waals surface area (Å²) in [4.78, 5) is 11.0. The highest BCUT2D eigenvalue weighted by Gasteiger charge is 2.22. The highest BCUT2D eigenvalue weighted by atomic mass is 32.2. The van der Waals surface area contributed by atoms with Gasteiger partial charge in [0.15, 0.2) is 0 Å². The first kappa shape index (κ1) is 19.8. The number of thiazole rings is 1. The van der Waals surface area contributed by atoms with Gasteiger partial charge in [-0.25, -0.2) is 4.57 Å². The van der Waals surface area contributed by atoms with Crippen molar-refractivity contribution in [3.8, 4) is 5.82 Å². The summed E-state index contributed by atoms with van der Waals surface area (Å²) in [6, 6.07) is 15.0. The fraction of sp³-hybridized carbons (Fsp3) is 0.208. The molecule has 2 aromatic heterocycles. The van der Waals surface area contributed by atoms with Gasteiger partial charge in [-0.05, 0) is 43.9 Å². The van der Waals surface area contributed by atoms with Gasteiger partial charge in [0.05, 0.1) is 6.20 Å². The molecule has 0 aliphatic carbocycles. The first-order valence-electron chi connectivity index (χ1n) is 9.69. The van der Waals surface area contributed by atoms with Crippen LogP contribution in [0.25, 0.3) is 28.9 Å². The Kier molecular flexibility index (Phi) is 5.79. The van der Waals surface area contributed by atoms with Crippen molar-refractivity contribution < 1.29 is 4.57 Å². The maximum Gasteiger partial charge on any atom is 0.286 e. The number of aryl methyl sites for hydroxylation is 3. The Morgan fingerprint density at radius 1 is 1.00 bits per heavy atom. The third-order valence-electron chi connectivity index (χ3n) is 4.82. The van der Waals surface area contributed by atoms with Crippen LogP contribution in [0, 0.1) is 13.8 Å². The summed E-state index contributed by atoms with van der Waals surface area (Å²) < 4.78 is 3.22. The molecule has 4 rings (SSSR count). The lowest BCUT2D eigenvalue weighted by molar-refractivity contribution is -0.610. The lowest BCUT2D eigenvalue weighted by atomic mass is 10.1. The summed E-state index contributed by atoms with van der Waals surface area (Å²) in [5, 5.41) is 1.13. The van der Waals surface area contributed by atoms with Crippen LogP contribution in [0.5, 0.6) is 0 Å². The zero-order chi connectivity index (χ0) is 20.4. The molecule has 146 valence electrons. The van der Waals surface area contributed by atoms with Gasteiger partial charge in [0.2, 0.25) is 10.2 Å². The number of rotatable bonds is 5. The highest BCUT2D eigenvalue weighted by Crippen LogP contribution is 2.28. The van der Waals surface area contributed by atoms with Crippen LogP contribution in [0.1, 0.15) is 34.3 Å². The Hall–Kier alpha value is -2.50. The summed E-state index contributed by atoms with van der Waals surface area (Å²) in [7, 11) is 0. The van der Waals surface area contributed by atoms with Crippen LogP contribution in [-0.4, -0.2) is 16.2 Å². The number of thioether (sulfide) groups is 1. The molecule has 0 aliphatic rings. The molecule has 0 radical (unpaired) electrons. The van der Waals surface area contributed by atoms with Crippen molar-refractivity contribution in [2.45, 2.75) is 31.5 Å². The maximum absolute atomic E-state index is 4.92. The van der Waals surface area contributed by atoms with E-state index in [2.05, 4.69) is 92.4 Å². The van der Waals surface area contributed by atoms with E-state index in [4.69, 9.17) is 9.97 Å². The SMILES string of the molecule is CCc1nc2ccc(C)cc2c[n+]1-c1nc(SC)sc1C=Cc1ccc(C)cc1. The van der Waals surface area contributed by atoms with E-state index >= 15 is 0 Å². The molecule has 0 fully saturated rings. The van der Waals surface area contributed by atoms with Crippen molar-refractivity contribution in [2.24, 2.45) is 0 Å². The molecule has 0 atom stereocenters. The van der Waals surface area contributed by atoms with Crippen LogP contribution in [-0.2, 0) is 6.42 Å². The lowest BCUT2D eigenvalue weighted by Crippen LogP contribution is -2.37. The minimum atomic E-state index is 0.844. The second kappa shape index (κ2) is 8.47. The Labute approximate surface area is 180 Å². The van der Waals surface area contributed by atoms with Crippen molar-refractivity contribution in [2.75, 3.05) is 6.26 Å². The molecule has 0 amide bonds.